The molecule has 1 heterocycles. The molecule has 24 heavy (non-hydrogen) atoms. The molecule has 1 aromatic carbocycles. The van der Waals surface area contributed by atoms with E-state index in [1.807, 2.05) is 0 Å². The van der Waals surface area contributed by atoms with Gasteiger partial charge in [-0.05, 0) is 44.5 Å². The third kappa shape index (κ3) is 3.87. The van der Waals surface area contributed by atoms with Crippen molar-refractivity contribution in [2.75, 3.05) is 0 Å². The van der Waals surface area contributed by atoms with Gasteiger partial charge < -0.3 is 9.30 Å². The van der Waals surface area contributed by atoms with Crippen LogP contribution in [0.25, 0.3) is 0 Å². The summed E-state index contributed by atoms with van der Waals surface area (Å²) in [6.07, 6.45) is -0.205. The third-order valence-corrected chi connectivity index (χ3v) is 3.44. The van der Waals surface area contributed by atoms with Gasteiger partial charge in [-0.1, -0.05) is 12.1 Å². The highest BCUT2D eigenvalue weighted by atomic mass is 16.6. The second kappa shape index (κ2) is 7.08. The number of nitrogens with zero attached hydrogens (tertiary/aromatic N) is 2. The van der Waals surface area contributed by atoms with E-state index in [1.54, 1.807) is 45.0 Å². The molecule has 2 aromatic rings. The fourth-order valence-corrected chi connectivity index (χ4v) is 2.21. The number of esters is 1. The monoisotopic (exact) mass is 330 g/mol. The van der Waals surface area contributed by atoms with Gasteiger partial charge in [0.25, 0.3) is 0 Å². The summed E-state index contributed by atoms with van der Waals surface area (Å²) in [5, 5.41) is 10.9. The van der Waals surface area contributed by atoms with Crippen LogP contribution in [0.2, 0.25) is 0 Å². The molecule has 0 aliphatic carbocycles. The predicted octanol–water partition coefficient (Wildman–Crippen LogP) is 2.68. The average molecular weight is 330 g/mol. The van der Waals surface area contributed by atoms with Crippen molar-refractivity contribution in [2.24, 2.45) is 0 Å². The summed E-state index contributed by atoms with van der Waals surface area (Å²) < 4.78 is 6.44. The summed E-state index contributed by atoms with van der Waals surface area (Å²) in [5.74, 6) is -0.416. The first-order valence-electron chi connectivity index (χ1n) is 7.44. The zero-order chi connectivity index (χ0) is 17.9. The number of aromatic nitrogens is 1. The highest BCUT2D eigenvalue weighted by Gasteiger charge is 2.16. The molecule has 0 bridgehead atoms. The van der Waals surface area contributed by atoms with Crippen molar-refractivity contribution in [1.82, 2.24) is 4.57 Å². The lowest BCUT2D eigenvalue weighted by Gasteiger charge is -2.11. The zero-order valence-electron chi connectivity index (χ0n) is 13.7. The van der Waals surface area contributed by atoms with Gasteiger partial charge >= 0.3 is 17.2 Å². The first-order valence-corrected chi connectivity index (χ1v) is 7.44. The van der Waals surface area contributed by atoms with E-state index < -0.39 is 22.1 Å². The van der Waals surface area contributed by atoms with Crippen molar-refractivity contribution in [1.29, 1.82) is 0 Å². The van der Waals surface area contributed by atoms with Crippen molar-refractivity contribution < 1.29 is 14.5 Å². The molecule has 0 unspecified atom stereocenters. The number of ether oxygens (including phenoxy) is 1. The summed E-state index contributed by atoms with van der Waals surface area (Å²) in [6, 6.07) is 9.35. The molecule has 7 heteroatoms. The lowest BCUT2D eigenvalue weighted by molar-refractivity contribution is -0.386. The Morgan fingerprint density at radius 3 is 2.38 bits per heavy atom. The lowest BCUT2D eigenvalue weighted by atomic mass is 10.1. The third-order valence-electron chi connectivity index (χ3n) is 3.44. The molecule has 0 aliphatic heterocycles. The van der Waals surface area contributed by atoms with Crippen LogP contribution in [-0.2, 0) is 11.3 Å². The van der Waals surface area contributed by atoms with E-state index in [2.05, 4.69) is 0 Å². The number of hydrogen-bond acceptors (Lipinski definition) is 5. The number of rotatable bonds is 5. The summed E-state index contributed by atoms with van der Waals surface area (Å²) in [5.41, 5.74) is 0.673. The molecular formula is C17H18N2O5. The number of pyridine rings is 1. The van der Waals surface area contributed by atoms with Crippen LogP contribution in [0, 0.1) is 17.0 Å². The first kappa shape index (κ1) is 17.4. The van der Waals surface area contributed by atoms with E-state index in [1.165, 1.54) is 16.7 Å². The van der Waals surface area contributed by atoms with E-state index >= 15 is 0 Å². The quantitative estimate of drug-likeness (QED) is 0.477. The number of carbonyl (C=O) groups is 1. The van der Waals surface area contributed by atoms with Crippen LogP contribution in [0.3, 0.4) is 0 Å². The maximum Gasteiger partial charge on any atom is 0.338 e. The topological polar surface area (TPSA) is 91.4 Å². The highest BCUT2D eigenvalue weighted by Crippen LogP contribution is 2.11. The van der Waals surface area contributed by atoms with E-state index in [0.717, 1.165) is 5.56 Å². The summed E-state index contributed by atoms with van der Waals surface area (Å²) in [7, 11) is 0. The second-order valence-electron chi connectivity index (χ2n) is 5.66. The van der Waals surface area contributed by atoms with Gasteiger partial charge in [0.1, 0.15) is 0 Å². The van der Waals surface area contributed by atoms with Crippen LogP contribution in [0.4, 0.5) is 5.69 Å². The Bertz CT molecular complexity index is 822. The maximum atomic E-state index is 12.2. The van der Waals surface area contributed by atoms with Crippen LogP contribution in [-0.4, -0.2) is 21.6 Å². The Balaban J connectivity index is 2.26. The average Bonchev–Trinajstić information content (AvgIpc) is 2.51. The van der Waals surface area contributed by atoms with Crippen molar-refractivity contribution in [3.63, 3.8) is 0 Å². The largest absolute Gasteiger partial charge is 0.459 e. The van der Waals surface area contributed by atoms with Gasteiger partial charge in [-0.2, -0.15) is 0 Å². The van der Waals surface area contributed by atoms with E-state index in [4.69, 9.17) is 4.74 Å². The number of aryl methyl sites for hydroxylation is 1. The summed E-state index contributed by atoms with van der Waals surface area (Å²) >= 11 is 0. The zero-order valence-corrected chi connectivity index (χ0v) is 13.7. The molecule has 0 atom stereocenters. The molecule has 0 saturated carbocycles. The highest BCUT2D eigenvalue weighted by molar-refractivity contribution is 5.89. The number of nitro groups is 1. The van der Waals surface area contributed by atoms with Gasteiger partial charge in [-0.25, -0.2) is 4.79 Å². The van der Waals surface area contributed by atoms with E-state index in [9.17, 15) is 19.7 Å². The maximum absolute atomic E-state index is 12.2. The van der Waals surface area contributed by atoms with Crippen LogP contribution < -0.4 is 5.56 Å². The van der Waals surface area contributed by atoms with E-state index in [0.29, 0.717) is 11.3 Å². The summed E-state index contributed by atoms with van der Waals surface area (Å²) in [4.78, 5) is 34.2. The SMILES string of the molecule is Cc1ccc([N+](=O)[O-])c(=O)n1Cc1ccc(C(=O)OC(C)C)cc1. The Morgan fingerprint density at radius 1 is 1.21 bits per heavy atom. The molecule has 7 nitrogen and oxygen atoms in total. The minimum Gasteiger partial charge on any atom is -0.459 e. The molecule has 0 saturated heterocycles. The van der Waals surface area contributed by atoms with Crippen molar-refractivity contribution in [2.45, 2.75) is 33.4 Å². The summed E-state index contributed by atoms with van der Waals surface area (Å²) in [6.45, 7) is 5.43. The Hall–Kier alpha value is -2.96. The normalized spacial score (nSPS) is 10.7. The van der Waals surface area contributed by atoms with Gasteiger partial charge in [-0.15, -0.1) is 0 Å². The lowest BCUT2D eigenvalue weighted by Crippen LogP contribution is -2.24. The minimum absolute atomic E-state index is 0.186. The second-order valence-corrected chi connectivity index (χ2v) is 5.66. The number of hydrogen-bond donors (Lipinski definition) is 0. The standard InChI is InChI=1S/C17H18N2O5/c1-11(2)24-17(21)14-7-5-13(6-8-14)10-18-12(3)4-9-15(16(18)20)19(22)23/h4-9,11H,10H2,1-3H3. The fraction of sp³-hybridized carbons (Fsp3) is 0.294. The first-order chi connectivity index (χ1) is 11.3. The van der Waals surface area contributed by atoms with Crippen LogP contribution >= 0.6 is 0 Å². The van der Waals surface area contributed by atoms with Crippen molar-refractivity contribution in [3.8, 4) is 0 Å². The van der Waals surface area contributed by atoms with Gasteiger partial charge in [0.2, 0.25) is 0 Å². The molecule has 2 rings (SSSR count). The molecule has 0 aliphatic rings. The van der Waals surface area contributed by atoms with Gasteiger partial charge in [0.15, 0.2) is 0 Å². The van der Waals surface area contributed by atoms with E-state index in [-0.39, 0.29) is 12.6 Å². The number of benzene rings is 1. The predicted molar refractivity (Wildman–Crippen MR) is 88.2 cm³/mol. The van der Waals surface area contributed by atoms with Crippen molar-refractivity contribution >= 4 is 11.7 Å². The Kier molecular flexibility index (Phi) is 5.13. The minimum atomic E-state index is -0.691. The van der Waals surface area contributed by atoms with Gasteiger partial charge in [0.05, 0.1) is 23.1 Å². The van der Waals surface area contributed by atoms with Crippen LogP contribution in [0.1, 0.15) is 35.5 Å². The Labute approximate surface area is 138 Å². The molecular weight excluding hydrogens is 312 g/mol. The molecule has 0 fully saturated rings. The van der Waals surface area contributed by atoms with Crippen LogP contribution in [0.15, 0.2) is 41.2 Å². The molecule has 0 radical (unpaired) electrons. The molecule has 0 N–H and O–H groups in total. The van der Waals surface area contributed by atoms with Gasteiger partial charge in [-0.3, -0.25) is 14.9 Å². The van der Waals surface area contributed by atoms with Gasteiger partial charge in [0, 0.05) is 11.8 Å². The number of carbonyl (C=O) groups excluding carboxylic acids is 1. The molecule has 126 valence electrons. The molecule has 1 aromatic heterocycles. The fourth-order valence-electron chi connectivity index (χ4n) is 2.21. The Morgan fingerprint density at radius 2 is 1.83 bits per heavy atom. The molecule has 0 amide bonds. The van der Waals surface area contributed by atoms with Crippen molar-refractivity contribution in [3.05, 3.63) is 73.7 Å². The smallest absolute Gasteiger partial charge is 0.338 e. The van der Waals surface area contributed by atoms with Crippen LogP contribution in [0.5, 0.6) is 0 Å². The molecule has 0 spiro atoms.